The molecule has 100 valence electrons. The minimum Gasteiger partial charge on any atom is -0.380 e. The van der Waals surface area contributed by atoms with Crippen LogP contribution in [0.1, 0.15) is 21.6 Å². The van der Waals surface area contributed by atoms with Crippen molar-refractivity contribution >= 4 is 23.2 Å². The molecule has 2 rings (SSSR count). The number of hydrogen-bond acceptors (Lipinski definition) is 3. The molecule has 0 aliphatic carbocycles. The molecule has 1 aromatic carbocycles. The predicted molar refractivity (Wildman–Crippen MR) is 75.2 cm³/mol. The van der Waals surface area contributed by atoms with E-state index < -0.39 is 5.91 Å². The van der Waals surface area contributed by atoms with Crippen LogP contribution in [0.15, 0.2) is 24.4 Å². The Morgan fingerprint density at radius 2 is 2.26 bits per heavy atom. The Kier molecular flexibility index (Phi) is 3.76. The summed E-state index contributed by atoms with van der Waals surface area (Å²) in [4.78, 5) is 11.1. The summed E-state index contributed by atoms with van der Waals surface area (Å²) in [6.07, 6.45) is 1.94. The third kappa shape index (κ3) is 3.06. The van der Waals surface area contributed by atoms with Gasteiger partial charge >= 0.3 is 0 Å². The van der Waals surface area contributed by atoms with E-state index in [0.717, 1.165) is 11.3 Å². The van der Waals surface area contributed by atoms with Crippen LogP contribution in [0.3, 0.4) is 0 Å². The molecule has 0 fully saturated rings. The number of amides is 1. The van der Waals surface area contributed by atoms with Crippen LogP contribution in [0, 0.1) is 6.92 Å². The Labute approximate surface area is 116 Å². The first kappa shape index (κ1) is 13.4. The zero-order valence-electron chi connectivity index (χ0n) is 10.8. The van der Waals surface area contributed by atoms with Crippen molar-refractivity contribution in [1.82, 2.24) is 9.78 Å². The Morgan fingerprint density at radius 1 is 1.53 bits per heavy atom. The average molecular weight is 279 g/mol. The molecule has 0 unspecified atom stereocenters. The molecule has 5 nitrogen and oxygen atoms in total. The van der Waals surface area contributed by atoms with Crippen molar-refractivity contribution in [2.45, 2.75) is 13.5 Å². The minimum atomic E-state index is -0.475. The van der Waals surface area contributed by atoms with Gasteiger partial charge in [0.2, 0.25) is 5.91 Å². The highest BCUT2D eigenvalue weighted by atomic mass is 35.5. The fourth-order valence-electron chi connectivity index (χ4n) is 1.83. The number of hydrogen-bond donors (Lipinski definition) is 2. The van der Waals surface area contributed by atoms with Crippen LogP contribution in [0.4, 0.5) is 5.69 Å². The number of anilines is 1. The summed E-state index contributed by atoms with van der Waals surface area (Å²) in [5.41, 5.74) is 8.38. The standard InChI is InChI=1S/C13H15ClN4O/c1-8-10(7-18(2)17-8)6-16-12-5-9(13(15)19)3-4-11(12)14/h3-5,7,16H,6H2,1-2H3,(H2,15,19). The third-order valence-electron chi connectivity index (χ3n) is 2.84. The second-order valence-electron chi connectivity index (χ2n) is 4.33. The molecule has 2 aromatic rings. The van der Waals surface area contributed by atoms with E-state index in [1.807, 2.05) is 20.2 Å². The maximum Gasteiger partial charge on any atom is 0.248 e. The lowest BCUT2D eigenvalue weighted by Crippen LogP contribution is -2.11. The van der Waals surface area contributed by atoms with Crippen molar-refractivity contribution in [2.24, 2.45) is 12.8 Å². The number of carbonyl (C=O) groups excluding carboxylic acids is 1. The molecule has 0 bridgehead atoms. The minimum absolute atomic E-state index is 0.426. The number of nitrogens with one attached hydrogen (secondary N) is 1. The molecule has 0 spiro atoms. The number of halogens is 1. The van der Waals surface area contributed by atoms with Gasteiger partial charge in [0, 0.05) is 30.9 Å². The van der Waals surface area contributed by atoms with Gasteiger partial charge in [-0.25, -0.2) is 0 Å². The van der Waals surface area contributed by atoms with Gasteiger partial charge in [-0.05, 0) is 25.1 Å². The first-order chi connectivity index (χ1) is 8.97. The van der Waals surface area contributed by atoms with Gasteiger partial charge in [-0.15, -0.1) is 0 Å². The van der Waals surface area contributed by atoms with E-state index in [1.54, 1.807) is 22.9 Å². The van der Waals surface area contributed by atoms with Crippen LogP contribution in [0.2, 0.25) is 5.02 Å². The van der Waals surface area contributed by atoms with Crippen molar-refractivity contribution in [1.29, 1.82) is 0 Å². The van der Waals surface area contributed by atoms with Crippen molar-refractivity contribution in [3.63, 3.8) is 0 Å². The molecule has 1 heterocycles. The van der Waals surface area contributed by atoms with Gasteiger partial charge < -0.3 is 11.1 Å². The van der Waals surface area contributed by atoms with Crippen molar-refractivity contribution in [3.8, 4) is 0 Å². The summed E-state index contributed by atoms with van der Waals surface area (Å²) >= 11 is 6.08. The van der Waals surface area contributed by atoms with E-state index in [4.69, 9.17) is 17.3 Å². The van der Waals surface area contributed by atoms with E-state index in [-0.39, 0.29) is 0 Å². The van der Waals surface area contributed by atoms with Gasteiger partial charge in [-0.3, -0.25) is 9.48 Å². The normalized spacial score (nSPS) is 10.5. The van der Waals surface area contributed by atoms with Crippen molar-refractivity contribution in [3.05, 3.63) is 46.2 Å². The van der Waals surface area contributed by atoms with E-state index in [1.165, 1.54) is 0 Å². The molecular formula is C13H15ClN4O. The molecule has 1 amide bonds. The number of aromatic nitrogens is 2. The SMILES string of the molecule is Cc1nn(C)cc1CNc1cc(C(N)=O)ccc1Cl. The Morgan fingerprint density at radius 3 is 2.84 bits per heavy atom. The maximum atomic E-state index is 11.1. The number of carbonyl (C=O) groups is 1. The Bertz CT molecular complexity index is 621. The fraction of sp³-hybridized carbons (Fsp3) is 0.231. The number of rotatable bonds is 4. The Balaban J connectivity index is 2.17. The first-order valence-corrected chi connectivity index (χ1v) is 6.17. The van der Waals surface area contributed by atoms with Gasteiger partial charge in [0.15, 0.2) is 0 Å². The molecule has 3 N–H and O–H groups in total. The zero-order chi connectivity index (χ0) is 14.0. The van der Waals surface area contributed by atoms with E-state index in [9.17, 15) is 4.79 Å². The molecule has 0 aliphatic rings. The summed E-state index contributed by atoms with van der Waals surface area (Å²) in [6.45, 7) is 2.53. The summed E-state index contributed by atoms with van der Waals surface area (Å²) < 4.78 is 1.76. The molecule has 0 saturated carbocycles. The maximum absolute atomic E-state index is 11.1. The molecule has 0 aliphatic heterocycles. The Hall–Kier alpha value is -2.01. The first-order valence-electron chi connectivity index (χ1n) is 5.79. The lowest BCUT2D eigenvalue weighted by atomic mass is 10.2. The molecule has 6 heteroatoms. The number of nitrogens with zero attached hydrogens (tertiary/aromatic N) is 2. The smallest absolute Gasteiger partial charge is 0.248 e. The summed E-state index contributed by atoms with van der Waals surface area (Å²) in [6, 6.07) is 4.90. The quantitative estimate of drug-likeness (QED) is 0.899. The monoisotopic (exact) mass is 278 g/mol. The van der Waals surface area contributed by atoms with Crippen LogP contribution in [0.25, 0.3) is 0 Å². The predicted octanol–water partition coefficient (Wildman–Crippen LogP) is 2.09. The lowest BCUT2D eigenvalue weighted by Gasteiger charge is -2.09. The second kappa shape index (κ2) is 5.32. The second-order valence-corrected chi connectivity index (χ2v) is 4.73. The van der Waals surface area contributed by atoms with Gasteiger partial charge in [0.25, 0.3) is 0 Å². The molecule has 0 radical (unpaired) electrons. The highest BCUT2D eigenvalue weighted by Gasteiger charge is 2.07. The zero-order valence-corrected chi connectivity index (χ0v) is 11.5. The van der Waals surface area contributed by atoms with Gasteiger partial charge in [-0.2, -0.15) is 5.10 Å². The number of aryl methyl sites for hydroxylation is 2. The van der Waals surface area contributed by atoms with Crippen LogP contribution in [-0.2, 0) is 13.6 Å². The summed E-state index contributed by atoms with van der Waals surface area (Å²) in [5, 5.41) is 7.99. The van der Waals surface area contributed by atoms with E-state index in [2.05, 4.69) is 10.4 Å². The van der Waals surface area contributed by atoms with Crippen molar-refractivity contribution in [2.75, 3.05) is 5.32 Å². The largest absolute Gasteiger partial charge is 0.380 e. The number of nitrogens with two attached hydrogens (primary N) is 1. The third-order valence-corrected chi connectivity index (χ3v) is 3.16. The number of primary amides is 1. The lowest BCUT2D eigenvalue weighted by molar-refractivity contribution is 0.100. The fourth-order valence-corrected chi connectivity index (χ4v) is 2.01. The highest BCUT2D eigenvalue weighted by molar-refractivity contribution is 6.33. The van der Waals surface area contributed by atoms with Crippen LogP contribution < -0.4 is 11.1 Å². The van der Waals surface area contributed by atoms with E-state index >= 15 is 0 Å². The molecule has 0 atom stereocenters. The highest BCUT2D eigenvalue weighted by Crippen LogP contribution is 2.23. The molecule has 19 heavy (non-hydrogen) atoms. The number of benzene rings is 1. The van der Waals surface area contributed by atoms with Crippen molar-refractivity contribution < 1.29 is 4.79 Å². The topological polar surface area (TPSA) is 72.9 Å². The van der Waals surface area contributed by atoms with Gasteiger partial charge in [0.1, 0.15) is 0 Å². The summed E-state index contributed by atoms with van der Waals surface area (Å²) in [7, 11) is 1.87. The van der Waals surface area contributed by atoms with E-state index in [0.29, 0.717) is 22.8 Å². The molecule has 0 saturated heterocycles. The molecule has 1 aromatic heterocycles. The van der Waals surface area contributed by atoms with Gasteiger partial charge in [-0.1, -0.05) is 11.6 Å². The summed E-state index contributed by atoms with van der Waals surface area (Å²) in [5.74, 6) is -0.475. The average Bonchev–Trinajstić information content (AvgIpc) is 2.66. The molecular weight excluding hydrogens is 264 g/mol. The van der Waals surface area contributed by atoms with Crippen LogP contribution in [0.5, 0.6) is 0 Å². The van der Waals surface area contributed by atoms with Gasteiger partial charge in [0.05, 0.1) is 16.4 Å². The van der Waals surface area contributed by atoms with Crippen LogP contribution >= 0.6 is 11.6 Å². The van der Waals surface area contributed by atoms with Crippen LogP contribution in [-0.4, -0.2) is 15.7 Å².